The maximum atomic E-state index is 12.6. The summed E-state index contributed by atoms with van der Waals surface area (Å²) in [6.45, 7) is 1.89. The maximum absolute atomic E-state index is 12.6. The van der Waals surface area contributed by atoms with Gasteiger partial charge in [-0.3, -0.25) is 4.79 Å². The van der Waals surface area contributed by atoms with Crippen molar-refractivity contribution in [2.24, 2.45) is 5.92 Å². The Morgan fingerprint density at radius 3 is 2.58 bits per heavy atom. The van der Waals surface area contributed by atoms with E-state index in [1.54, 1.807) is 55.5 Å². The van der Waals surface area contributed by atoms with Crippen LogP contribution in [0.3, 0.4) is 0 Å². The number of benzene rings is 1. The molecule has 0 spiro atoms. The molecule has 0 aromatic heterocycles. The lowest BCUT2D eigenvalue weighted by Gasteiger charge is -2.25. The largest absolute Gasteiger partial charge is 0.501 e. The number of allylic oxidation sites excluding steroid dienone is 3. The second-order valence-corrected chi connectivity index (χ2v) is 5.96. The molecular weight excluding hydrogens is 328 g/mol. The fourth-order valence-electron chi connectivity index (χ4n) is 2.84. The fraction of sp³-hybridized carbons (Fsp3) is 0.222. The summed E-state index contributed by atoms with van der Waals surface area (Å²) in [4.78, 5) is 38.7. The molecule has 1 aromatic rings. The minimum atomic E-state index is -0.523. The molecular formula is C18H16ClN2O3+. The molecule has 0 fully saturated rings. The molecule has 1 aliphatic carbocycles. The molecule has 1 unspecified atom stereocenters. The number of Topliss-reactive ketones (excluding diaryl/α,β-unsaturated/α-hetero) is 1. The summed E-state index contributed by atoms with van der Waals surface area (Å²) in [5.41, 5.74) is 1.01. The molecule has 0 saturated heterocycles. The number of hydrogen-bond acceptors (Lipinski definition) is 3. The quantitative estimate of drug-likeness (QED) is 0.624. The summed E-state index contributed by atoms with van der Waals surface area (Å²) in [7, 11) is 0. The Morgan fingerprint density at radius 1 is 1.21 bits per heavy atom. The Hall–Kier alpha value is -2.53. The first-order chi connectivity index (χ1) is 11.5. The van der Waals surface area contributed by atoms with Crippen LogP contribution in [0.25, 0.3) is 0 Å². The van der Waals surface area contributed by atoms with Crippen LogP contribution in [0, 0.1) is 5.92 Å². The van der Waals surface area contributed by atoms with Crippen LogP contribution in [0.15, 0.2) is 48.6 Å². The predicted molar refractivity (Wildman–Crippen MR) is 90.5 cm³/mol. The summed E-state index contributed by atoms with van der Waals surface area (Å²) in [6, 6.07) is 6.05. The Labute approximate surface area is 144 Å². The number of carbonyl (C=O) groups excluding carboxylic acids is 3. The number of urea groups is 1. The van der Waals surface area contributed by atoms with Crippen molar-refractivity contribution >= 4 is 35.0 Å². The van der Waals surface area contributed by atoms with Gasteiger partial charge in [-0.15, -0.1) is 0 Å². The molecule has 24 heavy (non-hydrogen) atoms. The van der Waals surface area contributed by atoms with Gasteiger partial charge in [0.05, 0.1) is 6.54 Å². The Morgan fingerprint density at radius 2 is 1.92 bits per heavy atom. The number of halogens is 1. The van der Waals surface area contributed by atoms with Gasteiger partial charge in [-0.05, 0) is 37.3 Å². The summed E-state index contributed by atoms with van der Waals surface area (Å²) in [6.07, 6.45) is 6.98. The summed E-state index contributed by atoms with van der Waals surface area (Å²) >= 11 is 5.84. The van der Waals surface area contributed by atoms with Gasteiger partial charge in [-0.25, -0.2) is 4.79 Å². The van der Waals surface area contributed by atoms with Crippen LogP contribution in [0.2, 0.25) is 5.02 Å². The number of fused-ring (bicyclic) bond motifs is 1. The van der Waals surface area contributed by atoms with Crippen molar-refractivity contribution in [3.8, 4) is 0 Å². The van der Waals surface area contributed by atoms with Gasteiger partial charge < -0.3 is 0 Å². The highest BCUT2D eigenvalue weighted by atomic mass is 35.5. The molecule has 1 atom stereocenters. The molecule has 6 heteroatoms. The van der Waals surface area contributed by atoms with E-state index >= 15 is 0 Å². The summed E-state index contributed by atoms with van der Waals surface area (Å²) in [5, 5.41) is 0.540. The number of rotatable bonds is 4. The highest BCUT2D eigenvalue weighted by molar-refractivity contribution is 6.30. The fourth-order valence-corrected chi connectivity index (χ4v) is 2.96. The van der Waals surface area contributed by atoms with Crippen LogP contribution in [0.5, 0.6) is 0 Å². The Kier molecular flexibility index (Phi) is 4.44. The lowest BCUT2D eigenvalue weighted by molar-refractivity contribution is -0.425. The topological polar surface area (TPSA) is 57.5 Å². The molecule has 0 N–H and O–H groups in total. The smallest absolute Gasteiger partial charge is 0.290 e. The van der Waals surface area contributed by atoms with Crippen molar-refractivity contribution in [3.05, 3.63) is 59.2 Å². The van der Waals surface area contributed by atoms with Gasteiger partial charge >= 0.3 is 11.9 Å². The van der Waals surface area contributed by atoms with E-state index in [1.807, 2.05) is 0 Å². The van der Waals surface area contributed by atoms with Gasteiger partial charge in [-0.1, -0.05) is 29.8 Å². The molecule has 0 saturated carbocycles. The average molecular weight is 344 g/mol. The van der Waals surface area contributed by atoms with Gasteiger partial charge in [0.15, 0.2) is 6.54 Å². The average Bonchev–Trinajstić information content (AvgIpc) is 2.59. The molecule has 3 rings (SSSR count). The van der Waals surface area contributed by atoms with Crippen LogP contribution in [-0.4, -0.2) is 46.0 Å². The number of hydrogen-bond donors (Lipinski definition) is 0. The van der Waals surface area contributed by atoms with Gasteiger partial charge in [0.1, 0.15) is 11.6 Å². The Bertz CT molecular complexity index is 806. The second kappa shape index (κ2) is 6.53. The SMILES string of the molecule is CCN1C(=O)C2C=CC=CC2=[N+](CC(=O)c2ccc(Cl)cc2)C1=O. The molecule has 1 aliphatic heterocycles. The van der Waals surface area contributed by atoms with Crippen molar-refractivity contribution < 1.29 is 19.0 Å². The standard InChI is InChI=1S/C18H16ClN2O3/c1-2-20-17(23)14-5-3-4-6-15(14)21(18(20)24)11-16(22)12-7-9-13(19)10-8-12/h3-10,14H,2,11H2,1H3/q+1. The zero-order chi connectivity index (χ0) is 17.3. The van der Waals surface area contributed by atoms with E-state index in [9.17, 15) is 14.4 Å². The van der Waals surface area contributed by atoms with E-state index < -0.39 is 11.9 Å². The van der Waals surface area contributed by atoms with Crippen LogP contribution < -0.4 is 0 Å². The number of nitrogens with zero attached hydrogens (tertiary/aromatic N) is 2. The first kappa shape index (κ1) is 16.3. The van der Waals surface area contributed by atoms with Crippen LogP contribution in [0.1, 0.15) is 17.3 Å². The normalized spacial score (nSPS) is 19.8. The molecule has 5 nitrogen and oxygen atoms in total. The van der Waals surface area contributed by atoms with Crippen LogP contribution >= 0.6 is 11.6 Å². The van der Waals surface area contributed by atoms with Crippen LogP contribution in [-0.2, 0) is 4.79 Å². The van der Waals surface area contributed by atoms with Gasteiger partial charge in [0.25, 0.3) is 0 Å². The first-order valence-electron chi connectivity index (χ1n) is 7.66. The second-order valence-electron chi connectivity index (χ2n) is 5.53. The highest BCUT2D eigenvalue weighted by Crippen LogP contribution is 2.20. The van der Waals surface area contributed by atoms with Crippen molar-refractivity contribution in [1.29, 1.82) is 0 Å². The number of imide groups is 1. The molecule has 2 aliphatic rings. The zero-order valence-electron chi connectivity index (χ0n) is 13.1. The van der Waals surface area contributed by atoms with Crippen LogP contribution in [0.4, 0.5) is 4.79 Å². The lowest BCUT2D eigenvalue weighted by atomic mass is 9.94. The predicted octanol–water partition coefficient (Wildman–Crippen LogP) is 2.70. The van der Waals surface area contributed by atoms with E-state index in [-0.39, 0.29) is 24.8 Å². The van der Waals surface area contributed by atoms with Gasteiger partial charge in [0.2, 0.25) is 5.78 Å². The molecule has 122 valence electrons. The van der Waals surface area contributed by atoms with Crippen molar-refractivity contribution in [1.82, 2.24) is 4.90 Å². The van der Waals surface area contributed by atoms with Crippen molar-refractivity contribution in [3.63, 3.8) is 0 Å². The number of ketones is 1. The molecule has 1 heterocycles. The molecule has 0 bridgehead atoms. The zero-order valence-corrected chi connectivity index (χ0v) is 13.9. The molecule has 0 radical (unpaired) electrons. The highest BCUT2D eigenvalue weighted by Gasteiger charge is 2.46. The van der Waals surface area contributed by atoms with Crippen molar-refractivity contribution in [2.75, 3.05) is 13.1 Å². The minimum Gasteiger partial charge on any atom is -0.290 e. The minimum absolute atomic E-state index is 0.117. The summed E-state index contributed by atoms with van der Waals surface area (Å²) in [5.74, 6) is -0.987. The van der Waals surface area contributed by atoms with E-state index in [2.05, 4.69) is 0 Å². The number of carbonyl (C=O) groups is 3. The third-order valence-corrected chi connectivity index (χ3v) is 4.34. The van der Waals surface area contributed by atoms with E-state index in [0.29, 0.717) is 16.3 Å². The van der Waals surface area contributed by atoms with E-state index in [4.69, 9.17) is 11.6 Å². The van der Waals surface area contributed by atoms with Gasteiger partial charge in [-0.2, -0.15) is 14.3 Å². The third kappa shape index (κ3) is 2.83. The lowest BCUT2D eigenvalue weighted by Crippen LogP contribution is -2.55. The van der Waals surface area contributed by atoms with E-state index in [1.165, 1.54) is 9.48 Å². The van der Waals surface area contributed by atoms with Crippen molar-refractivity contribution in [2.45, 2.75) is 6.92 Å². The summed E-state index contributed by atoms with van der Waals surface area (Å²) < 4.78 is 1.38. The maximum Gasteiger partial charge on any atom is 0.501 e. The monoisotopic (exact) mass is 343 g/mol. The van der Waals surface area contributed by atoms with E-state index in [0.717, 1.165) is 0 Å². The molecule has 1 aromatic carbocycles. The molecule has 3 amide bonds. The Balaban J connectivity index is 1.97. The number of amides is 3. The first-order valence-corrected chi connectivity index (χ1v) is 8.04. The third-order valence-electron chi connectivity index (χ3n) is 4.09. The van der Waals surface area contributed by atoms with Gasteiger partial charge in [0, 0.05) is 10.6 Å².